The highest BCUT2D eigenvalue weighted by atomic mass is 32.2. The molecular formula is C11H20O3S. The molecule has 0 saturated carbocycles. The average Bonchev–Trinajstić information content (AvgIpc) is 2.64. The predicted octanol–water partition coefficient (Wildman–Crippen LogP) is 1.83. The Balaban J connectivity index is 2.18. The molecule has 1 aliphatic heterocycles. The van der Waals surface area contributed by atoms with Crippen LogP contribution in [0.5, 0.6) is 0 Å². The number of carbonyl (C=O) groups excluding carboxylic acids is 1. The number of rotatable bonds is 5. The highest BCUT2D eigenvalue weighted by Crippen LogP contribution is 2.27. The maximum atomic E-state index is 11.5. The molecule has 1 fully saturated rings. The SMILES string of the molecule is CCC(C)CCOC(=O)C1SCCC1O. The quantitative estimate of drug-likeness (QED) is 0.735. The number of aliphatic hydroxyl groups excluding tert-OH is 1. The van der Waals surface area contributed by atoms with Gasteiger partial charge in [0.15, 0.2) is 0 Å². The number of carbonyl (C=O) groups is 1. The van der Waals surface area contributed by atoms with Crippen LogP contribution in [-0.2, 0) is 9.53 Å². The Morgan fingerprint density at radius 2 is 2.40 bits per heavy atom. The Hall–Kier alpha value is -0.220. The van der Waals surface area contributed by atoms with E-state index in [2.05, 4.69) is 13.8 Å². The molecule has 1 saturated heterocycles. The van der Waals surface area contributed by atoms with Crippen molar-refractivity contribution in [1.29, 1.82) is 0 Å². The van der Waals surface area contributed by atoms with Gasteiger partial charge in [-0.05, 0) is 24.5 Å². The predicted molar refractivity (Wildman–Crippen MR) is 61.9 cm³/mol. The topological polar surface area (TPSA) is 46.5 Å². The lowest BCUT2D eigenvalue weighted by atomic mass is 10.1. The van der Waals surface area contributed by atoms with E-state index in [0.717, 1.165) is 18.6 Å². The molecule has 4 heteroatoms. The molecule has 0 amide bonds. The van der Waals surface area contributed by atoms with E-state index >= 15 is 0 Å². The molecule has 3 nitrogen and oxygen atoms in total. The number of thioether (sulfide) groups is 1. The summed E-state index contributed by atoms with van der Waals surface area (Å²) in [5.41, 5.74) is 0. The maximum absolute atomic E-state index is 11.5. The molecule has 0 aliphatic carbocycles. The van der Waals surface area contributed by atoms with Crippen LogP contribution in [0, 0.1) is 5.92 Å². The fourth-order valence-corrected chi connectivity index (χ4v) is 2.64. The van der Waals surface area contributed by atoms with Gasteiger partial charge in [0, 0.05) is 0 Å². The second-order valence-electron chi connectivity index (χ2n) is 4.12. The summed E-state index contributed by atoms with van der Waals surface area (Å²) in [5, 5.41) is 9.15. The number of hydrogen-bond donors (Lipinski definition) is 1. The minimum absolute atomic E-state index is 0.242. The molecule has 3 atom stereocenters. The molecule has 0 aromatic heterocycles. The minimum Gasteiger partial charge on any atom is -0.465 e. The molecule has 0 bridgehead atoms. The lowest BCUT2D eigenvalue weighted by molar-refractivity contribution is -0.145. The fraction of sp³-hybridized carbons (Fsp3) is 0.909. The summed E-state index contributed by atoms with van der Waals surface area (Å²) in [6, 6.07) is 0. The van der Waals surface area contributed by atoms with Crippen molar-refractivity contribution < 1.29 is 14.6 Å². The third-order valence-corrected chi connectivity index (χ3v) is 4.18. The molecule has 1 aliphatic rings. The van der Waals surface area contributed by atoms with Gasteiger partial charge in [0.25, 0.3) is 0 Å². The smallest absolute Gasteiger partial charge is 0.321 e. The van der Waals surface area contributed by atoms with Crippen LogP contribution in [-0.4, -0.2) is 34.8 Å². The summed E-state index contributed by atoms with van der Waals surface area (Å²) in [6.45, 7) is 4.76. The normalized spacial score (nSPS) is 27.7. The molecule has 0 aromatic rings. The van der Waals surface area contributed by atoms with E-state index in [1.54, 1.807) is 0 Å². The average molecular weight is 232 g/mol. The van der Waals surface area contributed by atoms with Crippen molar-refractivity contribution in [3.8, 4) is 0 Å². The van der Waals surface area contributed by atoms with Gasteiger partial charge in [-0.3, -0.25) is 4.79 Å². The second-order valence-corrected chi connectivity index (χ2v) is 5.37. The Kier molecular flexibility index (Phi) is 5.47. The van der Waals surface area contributed by atoms with Crippen LogP contribution < -0.4 is 0 Å². The van der Waals surface area contributed by atoms with Gasteiger partial charge in [-0.2, -0.15) is 0 Å². The lowest BCUT2D eigenvalue weighted by Gasteiger charge is -2.14. The molecule has 3 unspecified atom stereocenters. The van der Waals surface area contributed by atoms with Gasteiger partial charge in [0.1, 0.15) is 5.25 Å². The van der Waals surface area contributed by atoms with Crippen molar-refractivity contribution in [2.75, 3.05) is 12.4 Å². The van der Waals surface area contributed by atoms with Crippen LogP contribution in [0.2, 0.25) is 0 Å². The molecule has 1 N–H and O–H groups in total. The van der Waals surface area contributed by atoms with Gasteiger partial charge in [-0.15, -0.1) is 11.8 Å². The molecule has 0 spiro atoms. The number of hydrogen-bond acceptors (Lipinski definition) is 4. The van der Waals surface area contributed by atoms with Crippen LogP contribution >= 0.6 is 11.8 Å². The van der Waals surface area contributed by atoms with Crippen molar-refractivity contribution in [2.24, 2.45) is 5.92 Å². The lowest BCUT2D eigenvalue weighted by Crippen LogP contribution is -2.29. The summed E-state index contributed by atoms with van der Waals surface area (Å²) >= 11 is 1.50. The van der Waals surface area contributed by atoms with Gasteiger partial charge in [0.05, 0.1) is 12.7 Å². The standard InChI is InChI=1S/C11H20O3S/c1-3-8(2)4-6-14-11(13)10-9(12)5-7-15-10/h8-10,12H,3-7H2,1-2H3. The zero-order valence-corrected chi connectivity index (χ0v) is 10.3. The van der Waals surface area contributed by atoms with E-state index in [1.165, 1.54) is 11.8 Å². The molecule has 0 aromatic carbocycles. The van der Waals surface area contributed by atoms with E-state index in [-0.39, 0.29) is 11.2 Å². The van der Waals surface area contributed by atoms with E-state index in [4.69, 9.17) is 4.74 Å². The van der Waals surface area contributed by atoms with Crippen LogP contribution in [0.4, 0.5) is 0 Å². The maximum Gasteiger partial charge on any atom is 0.321 e. The van der Waals surface area contributed by atoms with Gasteiger partial charge >= 0.3 is 5.97 Å². The van der Waals surface area contributed by atoms with Crippen LogP contribution in [0.3, 0.4) is 0 Å². The third kappa shape index (κ3) is 4.03. The summed E-state index contributed by atoms with van der Waals surface area (Å²) in [7, 11) is 0. The third-order valence-electron chi connectivity index (χ3n) is 2.84. The molecule has 1 rings (SSSR count). The molecule has 88 valence electrons. The Morgan fingerprint density at radius 3 is 2.93 bits per heavy atom. The summed E-state index contributed by atoms with van der Waals surface area (Å²) < 4.78 is 5.15. The second kappa shape index (κ2) is 6.38. The van der Waals surface area contributed by atoms with Crippen LogP contribution in [0.25, 0.3) is 0 Å². The fourth-order valence-electron chi connectivity index (χ4n) is 1.45. The molecule has 1 heterocycles. The number of aliphatic hydroxyl groups is 1. The highest BCUT2D eigenvalue weighted by molar-refractivity contribution is 8.00. The van der Waals surface area contributed by atoms with E-state index < -0.39 is 6.10 Å². The zero-order valence-electron chi connectivity index (χ0n) is 9.44. The first kappa shape index (κ1) is 12.8. The van der Waals surface area contributed by atoms with Gasteiger partial charge in [-0.1, -0.05) is 20.3 Å². The molecule has 15 heavy (non-hydrogen) atoms. The van der Waals surface area contributed by atoms with Gasteiger partial charge in [0.2, 0.25) is 0 Å². The first-order valence-corrected chi connectivity index (χ1v) is 6.66. The van der Waals surface area contributed by atoms with Crippen LogP contribution in [0.1, 0.15) is 33.1 Å². The van der Waals surface area contributed by atoms with Gasteiger partial charge < -0.3 is 9.84 Å². The Labute approximate surface area is 95.6 Å². The number of esters is 1. The summed E-state index contributed by atoms with van der Waals surface area (Å²) in [4.78, 5) is 11.5. The summed E-state index contributed by atoms with van der Waals surface area (Å²) in [6.07, 6.45) is 2.22. The summed E-state index contributed by atoms with van der Waals surface area (Å²) in [5.74, 6) is 1.21. The molecular weight excluding hydrogens is 212 g/mol. The van der Waals surface area contributed by atoms with Crippen molar-refractivity contribution in [2.45, 2.75) is 44.5 Å². The van der Waals surface area contributed by atoms with Crippen molar-refractivity contribution >= 4 is 17.7 Å². The Morgan fingerprint density at radius 1 is 1.67 bits per heavy atom. The van der Waals surface area contributed by atoms with Crippen molar-refractivity contribution in [3.63, 3.8) is 0 Å². The zero-order chi connectivity index (χ0) is 11.3. The molecule has 0 radical (unpaired) electrons. The van der Waals surface area contributed by atoms with Gasteiger partial charge in [-0.25, -0.2) is 0 Å². The minimum atomic E-state index is -0.508. The van der Waals surface area contributed by atoms with Crippen molar-refractivity contribution in [3.05, 3.63) is 0 Å². The van der Waals surface area contributed by atoms with Crippen molar-refractivity contribution in [1.82, 2.24) is 0 Å². The van der Waals surface area contributed by atoms with E-state index in [9.17, 15) is 9.90 Å². The van der Waals surface area contributed by atoms with Crippen LogP contribution in [0.15, 0.2) is 0 Å². The first-order chi connectivity index (χ1) is 7.15. The van der Waals surface area contributed by atoms with E-state index in [0.29, 0.717) is 18.9 Å². The largest absolute Gasteiger partial charge is 0.465 e. The highest BCUT2D eigenvalue weighted by Gasteiger charge is 2.33. The first-order valence-electron chi connectivity index (χ1n) is 5.61. The number of ether oxygens (including phenoxy) is 1. The Bertz CT molecular complexity index is 208. The van der Waals surface area contributed by atoms with E-state index in [1.807, 2.05) is 0 Å². The monoisotopic (exact) mass is 232 g/mol.